The Labute approximate surface area is 126 Å². The lowest BCUT2D eigenvalue weighted by atomic mass is 10.2. The number of ether oxygens (including phenoxy) is 1. The van der Waals surface area contributed by atoms with Crippen molar-refractivity contribution in [3.8, 4) is 0 Å². The van der Waals surface area contributed by atoms with Crippen molar-refractivity contribution in [1.29, 1.82) is 0 Å². The lowest BCUT2D eigenvalue weighted by Crippen LogP contribution is -2.27. The molecule has 1 amide bonds. The number of nitrogens with zero attached hydrogens (tertiary/aromatic N) is 2. The number of anilines is 1. The van der Waals surface area contributed by atoms with E-state index in [9.17, 15) is 9.59 Å². The van der Waals surface area contributed by atoms with Crippen molar-refractivity contribution in [3.63, 3.8) is 0 Å². The maximum absolute atomic E-state index is 11.8. The van der Waals surface area contributed by atoms with E-state index in [0.29, 0.717) is 11.5 Å². The first-order chi connectivity index (χ1) is 9.28. The van der Waals surface area contributed by atoms with Gasteiger partial charge in [-0.3, -0.25) is 10.1 Å². The van der Waals surface area contributed by atoms with Crippen molar-refractivity contribution in [2.45, 2.75) is 33.3 Å². The van der Waals surface area contributed by atoms with E-state index in [2.05, 4.69) is 10.4 Å². The maximum atomic E-state index is 11.8. The van der Waals surface area contributed by atoms with Crippen LogP contribution in [-0.4, -0.2) is 31.4 Å². The Morgan fingerprint density at radius 2 is 2.10 bits per heavy atom. The molecular weight excluding hydrogens is 373 g/mol. The zero-order chi connectivity index (χ0) is 14.9. The van der Waals surface area contributed by atoms with Gasteiger partial charge in [0.2, 0.25) is 5.91 Å². The van der Waals surface area contributed by atoms with Crippen LogP contribution in [0.25, 0.3) is 6.08 Å². The molecule has 2 rings (SSSR count). The van der Waals surface area contributed by atoms with Gasteiger partial charge in [-0.25, -0.2) is 4.79 Å². The predicted octanol–water partition coefficient (Wildman–Crippen LogP) is 3.00. The van der Waals surface area contributed by atoms with Gasteiger partial charge in [0.05, 0.1) is 11.3 Å². The Morgan fingerprint density at radius 3 is 2.70 bits per heavy atom. The highest BCUT2D eigenvalue weighted by Crippen LogP contribution is 2.26. The molecule has 0 aromatic carbocycles. The van der Waals surface area contributed by atoms with Crippen LogP contribution < -0.4 is 5.32 Å². The molecule has 1 aromatic rings. The van der Waals surface area contributed by atoms with Crippen LogP contribution in [0.2, 0.25) is 0 Å². The predicted molar refractivity (Wildman–Crippen MR) is 86.6 cm³/mol. The molecule has 0 fully saturated rings. The number of hydrogen-bond donors (Lipinski definition) is 1. The van der Waals surface area contributed by atoms with Gasteiger partial charge >= 0.3 is 6.09 Å². The summed E-state index contributed by atoms with van der Waals surface area (Å²) in [5.41, 5.74) is 0.917. The van der Waals surface area contributed by atoms with E-state index in [-0.39, 0.29) is 26.6 Å². The zero-order valence-corrected chi connectivity index (χ0v) is 13.9. The zero-order valence-electron chi connectivity index (χ0n) is 11.7. The Balaban J connectivity index is 2.30. The van der Waals surface area contributed by atoms with E-state index < -0.39 is 11.7 Å². The molecule has 1 N–H and O–H groups in total. The fourth-order valence-electron chi connectivity index (χ4n) is 1.64. The summed E-state index contributed by atoms with van der Waals surface area (Å²) in [6, 6.07) is 0. The molecule has 108 valence electrons. The van der Waals surface area contributed by atoms with Crippen LogP contribution in [0, 0.1) is 0 Å². The Morgan fingerprint density at radius 1 is 1.40 bits per heavy atom. The minimum atomic E-state index is -0.580. The molecule has 20 heavy (non-hydrogen) atoms. The number of rotatable bonds is 1. The number of aromatic nitrogens is 2. The van der Waals surface area contributed by atoms with Gasteiger partial charge < -0.3 is 4.74 Å². The van der Waals surface area contributed by atoms with E-state index in [1.807, 2.05) is 14.2 Å². The number of carbonyl (C=O) groups excluding carboxylic acids is 2. The summed E-state index contributed by atoms with van der Waals surface area (Å²) in [7, 11) is 0. The van der Waals surface area contributed by atoms with Crippen molar-refractivity contribution in [2.24, 2.45) is 0 Å². The Hall–Kier alpha value is -1.51. The summed E-state index contributed by atoms with van der Waals surface area (Å²) in [5, 5.41) is 6.76. The summed E-state index contributed by atoms with van der Waals surface area (Å²) in [5.74, 6) is 0.171. The third-order valence-corrected chi connectivity index (χ3v) is 4.10. The fourth-order valence-corrected chi connectivity index (χ4v) is 3.37. The van der Waals surface area contributed by atoms with E-state index in [0.717, 1.165) is 5.56 Å². The second kappa shape index (κ2) is 5.47. The minimum absolute atomic E-state index is 0.198. The van der Waals surface area contributed by atoms with Crippen LogP contribution in [-0.2, 0) is 4.74 Å². The number of nitrogens with one attached hydrogen (secondary N) is 1. The maximum Gasteiger partial charge on any atom is 0.413 e. The molecule has 7 heteroatoms. The minimum Gasteiger partial charge on any atom is -0.444 e. The van der Waals surface area contributed by atoms with Crippen molar-refractivity contribution in [3.05, 3.63) is 15.3 Å². The molecule has 6 nitrogen and oxygen atoms in total. The van der Waals surface area contributed by atoms with Gasteiger partial charge in [-0.15, -0.1) is 5.10 Å². The highest BCUT2D eigenvalue weighted by molar-refractivity contribution is 14.2. The molecule has 0 atom stereocenters. The van der Waals surface area contributed by atoms with Gasteiger partial charge in [-0.2, -0.15) is 4.68 Å². The van der Waals surface area contributed by atoms with Crippen LogP contribution in [0.4, 0.5) is 10.6 Å². The molecule has 2 heterocycles. The van der Waals surface area contributed by atoms with Crippen LogP contribution in [0.1, 0.15) is 43.7 Å². The fraction of sp³-hybridized carbons (Fsp3) is 0.385. The van der Waals surface area contributed by atoms with Crippen molar-refractivity contribution >= 4 is 48.6 Å². The molecule has 0 unspecified atom stereocenters. The monoisotopic (exact) mass is 389 g/mol. The largest absolute Gasteiger partial charge is 0.444 e. The standard InChI is InChI=1S/C13H16IN3O3/c1-8(18)17-10-5-6-14-7-9(10)11(16-17)15-12(19)20-13(2,3)4/h5-7H,1-4H3,(H,15,16,19). The lowest BCUT2D eigenvalue weighted by molar-refractivity contribution is 0.0634. The average molecular weight is 389 g/mol. The van der Waals surface area contributed by atoms with Gasteiger partial charge in [0, 0.05) is 6.92 Å². The van der Waals surface area contributed by atoms with E-state index in [1.165, 1.54) is 11.6 Å². The van der Waals surface area contributed by atoms with Crippen molar-refractivity contribution in [2.75, 3.05) is 5.32 Å². The molecule has 1 aliphatic rings. The molecule has 0 saturated carbocycles. The van der Waals surface area contributed by atoms with Gasteiger partial charge in [-0.05, 0) is 34.9 Å². The number of amides is 1. The number of fused-ring (bicyclic) bond motifs is 1. The first-order valence-electron chi connectivity index (χ1n) is 6.03. The molecule has 0 bridgehead atoms. The smallest absolute Gasteiger partial charge is 0.413 e. The first kappa shape index (κ1) is 14.9. The van der Waals surface area contributed by atoms with E-state index in [1.54, 1.807) is 20.8 Å². The number of halogens is 1. The normalized spacial score (nSPS) is 13.4. The average Bonchev–Trinajstić information content (AvgIpc) is 2.66. The van der Waals surface area contributed by atoms with Gasteiger partial charge in [0.15, 0.2) is 5.82 Å². The summed E-state index contributed by atoms with van der Waals surface area (Å²) in [4.78, 5) is 23.4. The highest BCUT2D eigenvalue weighted by atomic mass is 127. The Bertz CT molecular complexity index is 624. The highest BCUT2D eigenvalue weighted by Gasteiger charge is 2.22. The van der Waals surface area contributed by atoms with E-state index >= 15 is 0 Å². The van der Waals surface area contributed by atoms with Gasteiger partial charge in [0.1, 0.15) is 5.60 Å². The third-order valence-electron chi connectivity index (χ3n) is 2.34. The van der Waals surface area contributed by atoms with Crippen LogP contribution in [0.15, 0.2) is 4.08 Å². The Kier molecular flexibility index (Phi) is 4.07. The molecule has 1 aliphatic heterocycles. The molecular formula is C13H16IN3O3. The quantitative estimate of drug-likeness (QED) is 0.750. The first-order valence-corrected chi connectivity index (χ1v) is 8.53. The van der Waals surface area contributed by atoms with Crippen LogP contribution in [0.3, 0.4) is 0 Å². The molecule has 1 aromatic heterocycles. The van der Waals surface area contributed by atoms with Crippen LogP contribution in [0.5, 0.6) is 0 Å². The number of hydrogen-bond acceptors (Lipinski definition) is 4. The SMILES string of the molecule is CC(=O)n1nc(NC(=O)OC(C)(C)C)c2c1C=CI=C2. The molecule has 0 saturated heterocycles. The summed E-state index contributed by atoms with van der Waals surface area (Å²) in [6.45, 7) is 6.80. The van der Waals surface area contributed by atoms with Crippen molar-refractivity contribution < 1.29 is 14.3 Å². The van der Waals surface area contributed by atoms with Crippen LogP contribution >= 0.6 is 20.7 Å². The molecule has 0 spiro atoms. The third kappa shape index (κ3) is 3.33. The van der Waals surface area contributed by atoms with Gasteiger partial charge in [-0.1, -0.05) is 20.7 Å². The number of carbonyl (C=O) groups is 2. The summed E-state index contributed by atoms with van der Waals surface area (Å²) < 4.78 is 10.5. The lowest BCUT2D eigenvalue weighted by Gasteiger charge is -2.19. The van der Waals surface area contributed by atoms with Crippen molar-refractivity contribution in [1.82, 2.24) is 9.78 Å². The van der Waals surface area contributed by atoms with E-state index in [4.69, 9.17) is 4.74 Å². The molecule has 0 aliphatic carbocycles. The summed E-state index contributed by atoms with van der Waals surface area (Å²) in [6.07, 6.45) is 1.30. The van der Waals surface area contributed by atoms with Gasteiger partial charge in [0.25, 0.3) is 0 Å². The topological polar surface area (TPSA) is 73.2 Å². The molecule has 0 radical (unpaired) electrons. The second-order valence-electron chi connectivity index (χ2n) is 5.23. The second-order valence-corrected chi connectivity index (χ2v) is 7.29. The summed E-state index contributed by atoms with van der Waals surface area (Å²) >= 11 is -0.213.